The molecule has 21 heavy (non-hydrogen) atoms. The number of aromatic nitrogens is 1. The molecule has 0 saturated carbocycles. The Hall–Kier alpha value is -1.64. The van der Waals surface area contributed by atoms with Gasteiger partial charge in [-0.1, -0.05) is 23.1 Å². The van der Waals surface area contributed by atoms with E-state index in [1.165, 1.54) is 11.3 Å². The number of hydrogen-bond donors (Lipinski definition) is 1. The number of thiophene rings is 1. The lowest BCUT2D eigenvalue weighted by molar-refractivity contribution is -0.380. The number of nitrogens with one attached hydrogen (secondary N) is 1. The highest BCUT2D eigenvalue weighted by molar-refractivity contribution is 8.00. The van der Waals surface area contributed by atoms with E-state index in [1.807, 2.05) is 18.4 Å². The monoisotopic (exact) mass is 337 g/mol. The molecule has 0 atom stereocenters. The third-order valence-electron chi connectivity index (χ3n) is 2.84. The minimum absolute atomic E-state index is 0.175. The summed E-state index contributed by atoms with van der Waals surface area (Å²) in [5, 5.41) is 14.1. The summed E-state index contributed by atoms with van der Waals surface area (Å²) < 4.78 is 2.19. The van der Waals surface area contributed by atoms with Crippen molar-refractivity contribution in [3.8, 4) is 0 Å². The third kappa shape index (κ3) is 3.17. The molecule has 3 rings (SSSR count). The standard InChI is InChI=1S/C13H11N3O2S3/c1-19-13-15-10-4-2-8(6-11(10)21-13)14-7-9-3-5-12(20-9)16(17)18/h2-6,14H,7H2,1H3. The Bertz CT molecular complexity index is 797. The summed E-state index contributed by atoms with van der Waals surface area (Å²) in [7, 11) is 0. The molecular weight excluding hydrogens is 326 g/mol. The fraction of sp³-hybridized carbons (Fsp3) is 0.154. The molecule has 1 N–H and O–H groups in total. The molecule has 0 aliphatic heterocycles. The second-order valence-electron chi connectivity index (χ2n) is 4.22. The number of nitro groups is 1. The van der Waals surface area contributed by atoms with Gasteiger partial charge in [-0.05, 0) is 30.5 Å². The van der Waals surface area contributed by atoms with Gasteiger partial charge in [0.15, 0.2) is 4.34 Å². The van der Waals surface area contributed by atoms with Gasteiger partial charge in [0.1, 0.15) is 0 Å². The molecule has 0 aliphatic rings. The fourth-order valence-corrected chi connectivity index (χ4v) is 4.14. The van der Waals surface area contributed by atoms with Crippen LogP contribution < -0.4 is 5.32 Å². The van der Waals surface area contributed by atoms with E-state index in [9.17, 15) is 10.1 Å². The van der Waals surface area contributed by atoms with Crippen molar-refractivity contribution < 1.29 is 4.92 Å². The first kappa shape index (κ1) is 14.3. The molecule has 0 unspecified atom stereocenters. The molecule has 0 bridgehead atoms. The highest BCUT2D eigenvalue weighted by atomic mass is 32.2. The Morgan fingerprint density at radius 1 is 1.33 bits per heavy atom. The van der Waals surface area contributed by atoms with Crippen LogP contribution in [0.3, 0.4) is 0 Å². The lowest BCUT2D eigenvalue weighted by Gasteiger charge is -2.03. The van der Waals surface area contributed by atoms with Crippen molar-refractivity contribution in [2.45, 2.75) is 10.9 Å². The zero-order chi connectivity index (χ0) is 14.8. The predicted octanol–water partition coefficient (Wildman–Crippen LogP) is 4.60. The zero-order valence-corrected chi connectivity index (χ0v) is 13.5. The molecule has 0 amide bonds. The molecule has 2 aromatic heterocycles. The van der Waals surface area contributed by atoms with Crippen LogP contribution in [0.2, 0.25) is 0 Å². The molecule has 0 aliphatic carbocycles. The van der Waals surface area contributed by atoms with Crippen LogP contribution in [0.15, 0.2) is 34.7 Å². The summed E-state index contributed by atoms with van der Waals surface area (Å²) in [5.74, 6) is 0. The van der Waals surface area contributed by atoms with Gasteiger partial charge < -0.3 is 5.32 Å². The van der Waals surface area contributed by atoms with Crippen LogP contribution >= 0.6 is 34.4 Å². The number of anilines is 1. The van der Waals surface area contributed by atoms with E-state index in [-0.39, 0.29) is 9.92 Å². The van der Waals surface area contributed by atoms with Crippen LogP contribution in [0.4, 0.5) is 10.7 Å². The van der Waals surface area contributed by atoms with Crippen LogP contribution in [-0.2, 0) is 6.54 Å². The predicted molar refractivity (Wildman–Crippen MR) is 89.7 cm³/mol. The number of thioether (sulfide) groups is 1. The quantitative estimate of drug-likeness (QED) is 0.418. The van der Waals surface area contributed by atoms with Crippen molar-refractivity contribution >= 4 is 55.3 Å². The molecule has 2 heterocycles. The smallest absolute Gasteiger partial charge is 0.324 e. The molecule has 8 heteroatoms. The van der Waals surface area contributed by atoms with E-state index in [4.69, 9.17) is 0 Å². The summed E-state index contributed by atoms with van der Waals surface area (Å²) in [5.41, 5.74) is 2.00. The van der Waals surface area contributed by atoms with Crippen LogP contribution in [0.25, 0.3) is 10.2 Å². The van der Waals surface area contributed by atoms with Gasteiger partial charge in [-0.15, -0.1) is 11.3 Å². The van der Waals surface area contributed by atoms with E-state index in [2.05, 4.69) is 16.4 Å². The van der Waals surface area contributed by atoms with Crippen molar-refractivity contribution in [2.75, 3.05) is 11.6 Å². The van der Waals surface area contributed by atoms with Gasteiger partial charge in [-0.2, -0.15) is 0 Å². The van der Waals surface area contributed by atoms with Gasteiger partial charge in [-0.25, -0.2) is 4.98 Å². The molecule has 0 radical (unpaired) electrons. The van der Waals surface area contributed by atoms with E-state index in [1.54, 1.807) is 35.2 Å². The molecular formula is C13H11N3O2S3. The maximum absolute atomic E-state index is 10.7. The van der Waals surface area contributed by atoms with Gasteiger partial charge in [0, 0.05) is 23.2 Å². The second-order valence-corrected chi connectivity index (χ2v) is 7.45. The molecule has 0 fully saturated rings. The first-order chi connectivity index (χ1) is 10.2. The van der Waals surface area contributed by atoms with Gasteiger partial charge in [0.25, 0.3) is 0 Å². The molecule has 5 nitrogen and oxygen atoms in total. The Kier molecular flexibility index (Phi) is 4.09. The Morgan fingerprint density at radius 3 is 2.90 bits per heavy atom. The van der Waals surface area contributed by atoms with Crippen molar-refractivity contribution in [3.63, 3.8) is 0 Å². The summed E-state index contributed by atoms with van der Waals surface area (Å²) >= 11 is 4.50. The Morgan fingerprint density at radius 2 is 2.19 bits per heavy atom. The molecule has 108 valence electrons. The van der Waals surface area contributed by atoms with Crippen LogP contribution in [-0.4, -0.2) is 16.2 Å². The third-order valence-corrected chi connectivity index (χ3v) is 5.88. The minimum atomic E-state index is -0.360. The van der Waals surface area contributed by atoms with Gasteiger partial charge in [-0.3, -0.25) is 10.1 Å². The SMILES string of the molecule is CSc1nc2ccc(NCc3ccc([N+](=O)[O-])s3)cc2s1. The molecule has 1 aromatic carbocycles. The van der Waals surface area contributed by atoms with Crippen LogP contribution in [0.1, 0.15) is 4.88 Å². The van der Waals surface area contributed by atoms with Crippen LogP contribution in [0.5, 0.6) is 0 Å². The number of benzene rings is 1. The minimum Gasteiger partial charge on any atom is -0.380 e. The zero-order valence-electron chi connectivity index (χ0n) is 11.0. The van der Waals surface area contributed by atoms with E-state index in [0.717, 1.165) is 25.1 Å². The topological polar surface area (TPSA) is 68.1 Å². The van der Waals surface area contributed by atoms with E-state index in [0.29, 0.717) is 6.54 Å². The van der Waals surface area contributed by atoms with Crippen molar-refractivity contribution in [1.29, 1.82) is 0 Å². The highest BCUT2D eigenvalue weighted by Crippen LogP contribution is 2.30. The number of nitrogens with zero attached hydrogens (tertiary/aromatic N) is 2. The lowest BCUT2D eigenvalue weighted by Crippen LogP contribution is -1.96. The first-order valence-electron chi connectivity index (χ1n) is 6.07. The number of hydrogen-bond acceptors (Lipinski definition) is 7. The van der Waals surface area contributed by atoms with Crippen molar-refractivity contribution in [3.05, 3.63) is 45.3 Å². The first-order valence-corrected chi connectivity index (χ1v) is 8.93. The summed E-state index contributed by atoms with van der Waals surface area (Å²) in [4.78, 5) is 15.7. The number of rotatable bonds is 5. The van der Waals surface area contributed by atoms with Crippen molar-refractivity contribution in [1.82, 2.24) is 4.98 Å². The van der Waals surface area contributed by atoms with Gasteiger partial charge >= 0.3 is 5.00 Å². The maximum Gasteiger partial charge on any atom is 0.324 e. The number of fused-ring (bicyclic) bond motifs is 1. The fourth-order valence-electron chi connectivity index (χ4n) is 1.85. The maximum atomic E-state index is 10.7. The summed E-state index contributed by atoms with van der Waals surface area (Å²) in [6.07, 6.45) is 2.01. The lowest BCUT2D eigenvalue weighted by atomic mass is 10.3. The van der Waals surface area contributed by atoms with Gasteiger partial charge in [0.05, 0.1) is 15.1 Å². The van der Waals surface area contributed by atoms with Crippen molar-refractivity contribution in [2.24, 2.45) is 0 Å². The number of thiazole rings is 1. The van der Waals surface area contributed by atoms with E-state index < -0.39 is 0 Å². The second kappa shape index (κ2) is 6.00. The average molecular weight is 337 g/mol. The normalized spacial score (nSPS) is 10.9. The molecule has 3 aromatic rings. The van der Waals surface area contributed by atoms with Gasteiger partial charge in [0.2, 0.25) is 0 Å². The largest absolute Gasteiger partial charge is 0.380 e. The summed E-state index contributed by atoms with van der Waals surface area (Å²) in [6, 6.07) is 9.36. The van der Waals surface area contributed by atoms with E-state index >= 15 is 0 Å². The molecule has 0 saturated heterocycles. The Labute approximate surface area is 133 Å². The average Bonchev–Trinajstić information content (AvgIpc) is 3.10. The van der Waals surface area contributed by atoms with Crippen LogP contribution in [0, 0.1) is 10.1 Å². The Balaban J connectivity index is 1.73. The highest BCUT2D eigenvalue weighted by Gasteiger charge is 2.09. The molecule has 0 spiro atoms. The summed E-state index contributed by atoms with van der Waals surface area (Å²) in [6.45, 7) is 0.582.